The minimum absolute atomic E-state index is 0.127. The number of carbonyl (C=O) groups is 1. The fourth-order valence-corrected chi connectivity index (χ4v) is 1.79. The Bertz CT molecular complexity index is 585. The van der Waals surface area contributed by atoms with Gasteiger partial charge >= 0.3 is 0 Å². The maximum Gasteiger partial charge on any atom is 0.244 e. The third-order valence-electron chi connectivity index (χ3n) is 3.07. The van der Waals surface area contributed by atoms with Gasteiger partial charge in [-0.1, -0.05) is 23.4 Å². The molecule has 0 fully saturated rings. The summed E-state index contributed by atoms with van der Waals surface area (Å²) in [6, 6.07) is 9.03. The highest BCUT2D eigenvalue weighted by Gasteiger charge is 2.16. The van der Waals surface area contributed by atoms with E-state index in [2.05, 4.69) is 15.6 Å². The second-order valence-corrected chi connectivity index (χ2v) is 4.75. The molecule has 118 valence electrons. The highest BCUT2D eigenvalue weighted by Crippen LogP contribution is 2.11. The van der Waals surface area contributed by atoms with Crippen molar-refractivity contribution in [2.45, 2.75) is 19.6 Å². The minimum Gasteiger partial charge on any atom is -0.487 e. The number of para-hydroxylation sites is 1. The van der Waals surface area contributed by atoms with Gasteiger partial charge in [0.25, 0.3) is 0 Å². The zero-order valence-corrected chi connectivity index (χ0v) is 12.7. The number of nitrogens with one attached hydrogen (secondary N) is 1. The van der Waals surface area contributed by atoms with Crippen molar-refractivity contribution in [3.05, 3.63) is 42.2 Å². The van der Waals surface area contributed by atoms with E-state index in [1.54, 1.807) is 20.2 Å². The molecule has 0 radical (unpaired) electrons. The van der Waals surface area contributed by atoms with Gasteiger partial charge in [-0.25, -0.2) is 4.68 Å². The van der Waals surface area contributed by atoms with Crippen molar-refractivity contribution in [3.8, 4) is 5.75 Å². The zero-order chi connectivity index (χ0) is 15.8. The molecule has 0 spiro atoms. The van der Waals surface area contributed by atoms with Crippen LogP contribution in [0.25, 0.3) is 0 Å². The largest absolute Gasteiger partial charge is 0.487 e. The zero-order valence-electron chi connectivity index (χ0n) is 12.7. The summed E-state index contributed by atoms with van der Waals surface area (Å²) in [4.78, 5) is 11.9. The van der Waals surface area contributed by atoms with E-state index in [9.17, 15) is 4.79 Å². The lowest BCUT2D eigenvalue weighted by Gasteiger charge is -2.11. The van der Waals surface area contributed by atoms with Crippen molar-refractivity contribution in [2.75, 3.05) is 20.3 Å². The molecule has 22 heavy (non-hydrogen) atoms. The van der Waals surface area contributed by atoms with Crippen LogP contribution in [-0.2, 0) is 16.1 Å². The fourth-order valence-electron chi connectivity index (χ4n) is 1.79. The molecule has 2 aromatic rings. The Kier molecular flexibility index (Phi) is 5.91. The van der Waals surface area contributed by atoms with Gasteiger partial charge in [0.2, 0.25) is 5.91 Å². The summed E-state index contributed by atoms with van der Waals surface area (Å²) >= 11 is 0. The summed E-state index contributed by atoms with van der Waals surface area (Å²) in [7, 11) is 1.59. The van der Waals surface area contributed by atoms with Crippen LogP contribution >= 0.6 is 0 Å². The van der Waals surface area contributed by atoms with Gasteiger partial charge < -0.3 is 14.8 Å². The quantitative estimate of drug-likeness (QED) is 0.741. The molecule has 1 atom stereocenters. The summed E-state index contributed by atoms with van der Waals surface area (Å²) in [5, 5.41) is 10.8. The van der Waals surface area contributed by atoms with Gasteiger partial charge in [-0.3, -0.25) is 4.79 Å². The number of aromatic nitrogens is 3. The third kappa shape index (κ3) is 4.56. The molecule has 7 heteroatoms. The van der Waals surface area contributed by atoms with E-state index >= 15 is 0 Å². The van der Waals surface area contributed by atoms with Crippen molar-refractivity contribution in [1.29, 1.82) is 0 Å². The fraction of sp³-hybridized carbons (Fsp3) is 0.400. The molecule has 0 saturated heterocycles. The van der Waals surface area contributed by atoms with Crippen molar-refractivity contribution in [2.24, 2.45) is 0 Å². The number of ether oxygens (including phenoxy) is 2. The van der Waals surface area contributed by atoms with Crippen LogP contribution in [0.2, 0.25) is 0 Å². The number of rotatable bonds is 8. The molecular weight excluding hydrogens is 284 g/mol. The number of benzene rings is 1. The van der Waals surface area contributed by atoms with E-state index in [0.29, 0.717) is 25.5 Å². The number of hydrogen-bond donors (Lipinski definition) is 1. The monoisotopic (exact) mass is 304 g/mol. The van der Waals surface area contributed by atoms with Crippen LogP contribution in [0.1, 0.15) is 18.7 Å². The SMILES string of the molecule is COCCNC(=O)[C@@H](C)n1cc(COc2ccccc2)nn1. The molecule has 1 amide bonds. The normalized spacial score (nSPS) is 11.9. The maximum absolute atomic E-state index is 11.9. The summed E-state index contributed by atoms with van der Waals surface area (Å²) in [6.07, 6.45) is 1.71. The van der Waals surface area contributed by atoms with Gasteiger partial charge in [-0.2, -0.15) is 0 Å². The summed E-state index contributed by atoms with van der Waals surface area (Å²) < 4.78 is 12.0. The van der Waals surface area contributed by atoms with E-state index in [-0.39, 0.29) is 5.91 Å². The number of hydrogen-bond acceptors (Lipinski definition) is 5. The van der Waals surface area contributed by atoms with E-state index < -0.39 is 6.04 Å². The Hall–Kier alpha value is -2.41. The highest BCUT2D eigenvalue weighted by atomic mass is 16.5. The van der Waals surface area contributed by atoms with Gasteiger partial charge in [0.1, 0.15) is 24.1 Å². The number of methoxy groups -OCH3 is 1. The molecule has 0 aliphatic heterocycles. The van der Waals surface area contributed by atoms with Crippen LogP contribution in [0, 0.1) is 0 Å². The Morgan fingerprint density at radius 2 is 2.14 bits per heavy atom. The van der Waals surface area contributed by atoms with E-state index in [1.165, 1.54) is 4.68 Å². The molecule has 0 unspecified atom stereocenters. The van der Waals surface area contributed by atoms with Crippen LogP contribution in [0.4, 0.5) is 0 Å². The first-order valence-electron chi connectivity index (χ1n) is 7.06. The maximum atomic E-state index is 11.9. The van der Waals surface area contributed by atoms with Crippen molar-refractivity contribution in [1.82, 2.24) is 20.3 Å². The summed E-state index contributed by atoms with van der Waals surface area (Å²) in [5.41, 5.74) is 0.667. The molecule has 2 rings (SSSR count). The predicted molar refractivity (Wildman–Crippen MR) is 80.4 cm³/mol. The van der Waals surface area contributed by atoms with Crippen molar-refractivity contribution >= 4 is 5.91 Å². The van der Waals surface area contributed by atoms with Gasteiger partial charge in [0, 0.05) is 13.7 Å². The molecule has 0 aliphatic carbocycles. The van der Waals surface area contributed by atoms with E-state index in [4.69, 9.17) is 9.47 Å². The minimum atomic E-state index is -0.435. The molecule has 7 nitrogen and oxygen atoms in total. The lowest BCUT2D eigenvalue weighted by Crippen LogP contribution is -2.33. The molecule has 0 aliphatic rings. The van der Waals surface area contributed by atoms with Gasteiger partial charge in [0.15, 0.2) is 0 Å². The van der Waals surface area contributed by atoms with Gasteiger partial charge in [-0.15, -0.1) is 5.10 Å². The summed E-state index contributed by atoms with van der Waals surface area (Å²) in [5.74, 6) is 0.639. The van der Waals surface area contributed by atoms with Crippen LogP contribution in [0.15, 0.2) is 36.5 Å². The average Bonchev–Trinajstić information content (AvgIpc) is 3.02. The van der Waals surface area contributed by atoms with Crippen molar-refractivity contribution < 1.29 is 14.3 Å². The number of nitrogens with zero attached hydrogens (tertiary/aromatic N) is 3. The lowest BCUT2D eigenvalue weighted by atomic mass is 10.3. The van der Waals surface area contributed by atoms with Crippen molar-refractivity contribution in [3.63, 3.8) is 0 Å². The number of amides is 1. The van der Waals surface area contributed by atoms with Crippen LogP contribution in [0.3, 0.4) is 0 Å². The second-order valence-electron chi connectivity index (χ2n) is 4.75. The Morgan fingerprint density at radius 3 is 2.86 bits per heavy atom. The highest BCUT2D eigenvalue weighted by molar-refractivity contribution is 5.79. The molecular formula is C15H20N4O3. The Labute approximate surface area is 129 Å². The molecule has 0 saturated carbocycles. The van der Waals surface area contributed by atoms with Gasteiger partial charge in [-0.05, 0) is 19.1 Å². The first-order valence-corrected chi connectivity index (χ1v) is 7.06. The second kappa shape index (κ2) is 8.14. The third-order valence-corrected chi connectivity index (χ3v) is 3.07. The molecule has 1 aromatic carbocycles. The van der Waals surface area contributed by atoms with E-state index in [1.807, 2.05) is 30.3 Å². The molecule has 1 aromatic heterocycles. The summed E-state index contributed by atoms with van der Waals surface area (Å²) in [6.45, 7) is 3.02. The topological polar surface area (TPSA) is 78.3 Å². The molecule has 1 heterocycles. The van der Waals surface area contributed by atoms with Crippen LogP contribution < -0.4 is 10.1 Å². The molecule has 0 bridgehead atoms. The molecule has 1 N–H and O–H groups in total. The lowest BCUT2D eigenvalue weighted by molar-refractivity contribution is -0.124. The number of carbonyl (C=O) groups excluding carboxylic acids is 1. The Balaban J connectivity index is 1.86. The predicted octanol–water partition coefficient (Wildman–Crippen LogP) is 1.18. The Morgan fingerprint density at radius 1 is 1.36 bits per heavy atom. The van der Waals surface area contributed by atoms with Gasteiger partial charge in [0.05, 0.1) is 12.8 Å². The smallest absolute Gasteiger partial charge is 0.244 e. The average molecular weight is 304 g/mol. The van der Waals surface area contributed by atoms with Crippen LogP contribution in [0.5, 0.6) is 5.75 Å². The first kappa shape index (κ1) is 16.0. The van der Waals surface area contributed by atoms with E-state index in [0.717, 1.165) is 5.75 Å². The standard InChI is InChI=1S/C15H20N4O3/c1-12(15(20)16-8-9-21-2)19-10-13(17-18-19)11-22-14-6-4-3-5-7-14/h3-7,10,12H,8-9,11H2,1-2H3,(H,16,20)/t12-/m1/s1. The first-order chi connectivity index (χ1) is 10.7. The van der Waals surface area contributed by atoms with Crippen LogP contribution in [-0.4, -0.2) is 41.2 Å².